The Morgan fingerprint density at radius 1 is 0.971 bits per heavy atom. The van der Waals surface area contributed by atoms with Crippen LogP contribution < -0.4 is 5.32 Å². The van der Waals surface area contributed by atoms with Crippen LogP contribution in [-0.2, 0) is 14.3 Å². The second-order valence-electron chi connectivity index (χ2n) is 9.26. The fourth-order valence-electron chi connectivity index (χ4n) is 4.59. The number of carbonyl (C=O) groups is 3. The van der Waals surface area contributed by atoms with E-state index < -0.39 is 17.8 Å². The molecule has 0 unspecified atom stereocenters. The topological polar surface area (TPSA) is 75.7 Å². The average Bonchev–Trinajstić information content (AvgIpc) is 3.63. The van der Waals surface area contributed by atoms with Crippen LogP contribution in [0.1, 0.15) is 53.9 Å². The van der Waals surface area contributed by atoms with Gasteiger partial charge in [0.25, 0.3) is 5.91 Å². The number of benzene rings is 2. The Balaban J connectivity index is 1.29. The SMILES string of the molecule is O=C(CCC[C@H](NC(=O)c1ccc(F)cc1)C(=O)N1CCOCC1)C[C@@H]1C[C@H]1c1ccc(F)cc1. The molecular formula is C27H30F2N2O4. The van der Waals surface area contributed by atoms with E-state index in [0.29, 0.717) is 57.9 Å². The lowest BCUT2D eigenvalue weighted by Crippen LogP contribution is -2.51. The third-order valence-electron chi connectivity index (χ3n) is 6.69. The summed E-state index contributed by atoms with van der Waals surface area (Å²) in [5, 5.41) is 2.77. The van der Waals surface area contributed by atoms with Crippen molar-refractivity contribution in [2.75, 3.05) is 26.3 Å². The standard InChI is InChI=1S/C27H30F2N2O4/c28-21-8-4-18(5-9-21)24-17-20(24)16-23(32)2-1-3-25(27(34)31-12-14-35-15-13-31)30-26(33)19-6-10-22(29)11-7-19/h4-11,20,24-25H,1-3,12-17H2,(H,30,33)/t20-,24+,25+/m1/s1. The minimum atomic E-state index is -0.772. The number of carbonyl (C=O) groups excluding carboxylic acids is 3. The maximum atomic E-state index is 13.2. The van der Waals surface area contributed by atoms with Crippen LogP contribution in [0.25, 0.3) is 0 Å². The van der Waals surface area contributed by atoms with Gasteiger partial charge in [0.2, 0.25) is 5.91 Å². The fraction of sp³-hybridized carbons (Fsp3) is 0.444. The quantitative estimate of drug-likeness (QED) is 0.556. The largest absolute Gasteiger partial charge is 0.378 e. The van der Waals surface area contributed by atoms with Crippen molar-refractivity contribution in [3.63, 3.8) is 0 Å². The van der Waals surface area contributed by atoms with Crippen molar-refractivity contribution in [2.24, 2.45) is 5.92 Å². The molecule has 1 heterocycles. The molecule has 35 heavy (non-hydrogen) atoms. The first-order valence-corrected chi connectivity index (χ1v) is 12.1. The van der Waals surface area contributed by atoms with Gasteiger partial charge >= 0.3 is 0 Å². The van der Waals surface area contributed by atoms with Crippen molar-refractivity contribution < 1.29 is 27.9 Å². The summed E-state index contributed by atoms with van der Waals surface area (Å²) >= 11 is 0. The summed E-state index contributed by atoms with van der Waals surface area (Å²) in [6.07, 6.45) is 2.51. The van der Waals surface area contributed by atoms with Gasteiger partial charge < -0.3 is 15.0 Å². The number of rotatable bonds is 10. The highest BCUT2D eigenvalue weighted by Gasteiger charge is 2.39. The summed E-state index contributed by atoms with van der Waals surface area (Å²) in [4.78, 5) is 40.0. The second kappa shape index (κ2) is 11.5. The Bertz CT molecular complexity index is 1040. The summed E-state index contributed by atoms with van der Waals surface area (Å²) in [5.41, 5.74) is 1.33. The first-order valence-electron chi connectivity index (χ1n) is 12.1. The zero-order valence-electron chi connectivity index (χ0n) is 19.6. The van der Waals surface area contributed by atoms with Crippen LogP contribution in [0.3, 0.4) is 0 Å². The van der Waals surface area contributed by atoms with Crippen LogP contribution in [0.5, 0.6) is 0 Å². The van der Waals surface area contributed by atoms with Crippen LogP contribution in [0, 0.1) is 17.6 Å². The molecule has 1 saturated heterocycles. The fourth-order valence-corrected chi connectivity index (χ4v) is 4.59. The van der Waals surface area contributed by atoms with Gasteiger partial charge in [-0.25, -0.2) is 8.78 Å². The molecule has 1 N–H and O–H groups in total. The molecule has 2 aromatic carbocycles. The third-order valence-corrected chi connectivity index (χ3v) is 6.69. The lowest BCUT2D eigenvalue weighted by Gasteiger charge is -2.30. The van der Waals surface area contributed by atoms with Crippen molar-refractivity contribution in [2.45, 2.75) is 44.1 Å². The van der Waals surface area contributed by atoms with Gasteiger partial charge in [0, 0.05) is 31.5 Å². The van der Waals surface area contributed by atoms with Gasteiger partial charge in [-0.05, 0) is 73.1 Å². The van der Waals surface area contributed by atoms with Crippen molar-refractivity contribution in [3.8, 4) is 0 Å². The maximum absolute atomic E-state index is 13.2. The zero-order valence-corrected chi connectivity index (χ0v) is 19.6. The Hall–Kier alpha value is -3.13. The average molecular weight is 485 g/mol. The summed E-state index contributed by atoms with van der Waals surface area (Å²) in [6.45, 7) is 1.79. The number of amides is 2. The lowest BCUT2D eigenvalue weighted by atomic mass is 10.0. The van der Waals surface area contributed by atoms with E-state index in [1.807, 2.05) is 0 Å². The highest BCUT2D eigenvalue weighted by Crippen LogP contribution is 2.49. The smallest absolute Gasteiger partial charge is 0.251 e. The summed E-state index contributed by atoms with van der Waals surface area (Å²) in [5.74, 6) is -0.671. The Kier molecular flexibility index (Phi) is 8.23. The van der Waals surface area contributed by atoms with Gasteiger partial charge in [0.05, 0.1) is 13.2 Å². The molecule has 0 radical (unpaired) electrons. The lowest BCUT2D eigenvalue weighted by molar-refractivity contribution is -0.137. The third kappa shape index (κ3) is 6.94. The molecule has 0 bridgehead atoms. The predicted octanol–water partition coefficient (Wildman–Crippen LogP) is 3.86. The van der Waals surface area contributed by atoms with Crippen molar-refractivity contribution in [3.05, 3.63) is 71.3 Å². The van der Waals surface area contributed by atoms with Gasteiger partial charge in [0.1, 0.15) is 23.5 Å². The van der Waals surface area contributed by atoms with Crippen LogP contribution in [0.4, 0.5) is 8.78 Å². The summed E-state index contributed by atoms with van der Waals surface area (Å²) < 4.78 is 31.6. The van der Waals surface area contributed by atoms with Crippen LogP contribution in [0.2, 0.25) is 0 Å². The molecule has 1 aliphatic carbocycles. The zero-order chi connectivity index (χ0) is 24.8. The van der Waals surface area contributed by atoms with E-state index in [9.17, 15) is 23.2 Å². The number of nitrogens with one attached hydrogen (secondary N) is 1. The van der Waals surface area contributed by atoms with Crippen molar-refractivity contribution >= 4 is 17.6 Å². The molecule has 1 aliphatic heterocycles. The first kappa shape index (κ1) is 25.0. The van der Waals surface area contributed by atoms with E-state index in [2.05, 4.69) is 5.32 Å². The Morgan fingerprint density at radius 3 is 2.26 bits per heavy atom. The molecule has 2 fully saturated rings. The summed E-state index contributed by atoms with van der Waals surface area (Å²) in [6, 6.07) is 10.8. The first-order chi connectivity index (χ1) is 16.9. The molecule has 8 heteroatoms. The van der Waals surface area contributed by atoms with E-state index in [1.165, 1.54) is 36.4 Å². The molecule has 186 valence electrons. The highest BCUT2D eigenvalue weighted by molar-refractivity contribution is 5.97. The molecule has 2 amide bonds. The van der Waals surface area contributed by atoms with Crippen molar-refractivity contribution in [1.29, 1.82) is 0 Å². The van der Waals surface area contributed by atoms with E-state index in [-0.39, 0.29) is 29.0 Å². The number of hydrogen-bond donors (Lipinski definition) is 1. The van der Waals surface area contributed by atoms with E-state index in [0.717, 1.165) is 12.0 Å². The van der Waals surface area contributed by atoms with Gasteiger partial charge in [-0.2, -0.15) is 0 Å². The predicted molar refractivity (Wildman–Crippen MR) is 126 cm³/mol. The van der Waals surface area contributed by atoms with Crippen LogP contribution in [-0.4, -0.2) is 54.8 Å². The van der Waals surface area contributed by atoms with Crippen molar-refractivity contribution in [1.82, 2.24) is 10.2 Å². The molecule has 0 spiro atoms. The number of morpholine rings is 1. The van der Waals surface area contributed by atoms with Crippen LogP contribution >= 0.6 is 0 Å². The van der Waals surface area contributed by atoms with Gasteiger partial charge in [-0.1, -0.05) is 12.1 Å². The Morgan fingerprint density at radius 2 is 1.60 bits per heavy atom. The van der Waals surface area contributed by atoms with E-state index >= 15 is 0 Å². The number of Topliss-reactive ketones (excluding diaryl/α,β-unsaturated/α-hetero) is 1. The number of ketones is 1. The van der Waals surface area contributed by atoms with Gasteiger partial charge in [0.15, 0.2) is 0 Å². The van der Waals surface area contributed by atoms with Gasteiger partial charge in [-0.3, -0.25) is 14.4 Å². The molecule has 4 rings (SSSR count). The normalized spacial score (nSPS) is 20.2. The number of ether oxygens (including phenoxy) is 1. The molecule has 2 aromatic rings. The van der Waals surface area contributed by atoms with Gasteiger partial charge in [-0.15, -0.1) is 0 Å². The number of nitrogens with zero attached hydrogens (tertiary/aromatic N) is 1. The monoisotopic (exact) mass is 484 g/mol. The molecule has 0 aromatic heterocycles. The minimum absolute atomic E-state index is 0.127. The minimum Gasteiger partial charge on any atom is -0.378 e. The molecule has 6 nitrogen and oxygen atoms in total. The molecule has 3 atom stereocenters. The van der Waals surface area contributed by atoms with Crippen LogP contribution in [0.15, 0.2) is 48.5 Å². The number of halogens is 2. The Labute approximate surface area is 203 Å². The maximum Gasteiger partial charge on any atom is 0.251 e. The van der Waals surface area contributed by atoms with E-state index in [1.54, 1.807) is 17.0 Å². The highest BCUT2D eigenvalue weighted by atomic mass is 19.1. The molecule has 1 saturated carbocycles. The molecule has 2 aliphatic rings. The number of hydrogen-bond acceptors (Lipinski definition) is 4. The van der Waals surface area contributed by atoms with E-state index in [4.69, 9.17) is 4.74 Å². The second-order valence-corrected chi connectivity index (χ2v) is 9.26. The summed E-state index contributed by atoms with van der Waals surface area (Å²) in [7, 11) is 0. The molecular weight excluding hydrogens is 454 g/mol.